The first kappa shape index (κ1) is 13.2. The van der Waals surface area contributed by atoms with E-state index in [1.165, 1.54) is 13.2 Å². The molecule has 0 radical (unpaired) electrons. The smallest absolute Gasteiger partial charge is 0.386 e. The first-order chi connectivity index (χ1) is 9.19. The van der Waals surface area contributed by atoms with E-state index in [0.29, 0.717) is 25.2 Å². The molecule has 2 rings (SSSR count). The van der Waals surface area contributed by atoms with Gasteiger partial charge in [0.05, 0.1) is 30.8 Å². The molecule has 0 bridgehead atoms. The summed E-state index contributed by atoms with van der Waals surface area (Å²) in [7, 11) is 1.32. The van der Waals surface area contributed by atoms with Crippen molar-refractivity contribution in [3.05, 3.63) is 38.8 Å². The number of nitrogens with one attached hydrogen (secondary N) is 1. The van der Waals surface area contributed by atoms with Crippen molar-refractivity contribution in [3.8, 4) is 5.75 Å². The minimum atomic E-state index is -0.623. The second-order valence-corrected chi connectivity index (χ2v) is 3.95. The van der Waals surface area contributed by atoms with Gasteiger partial charge in [-0.05, 0) is 24.1 Å². The lowest BCUT2D eigenvalue weighted by Gasteiger charge is -2.13. The van der Waals surface area contributed by atoms with Crippen LogP contribution in [0.1, 0.15) is 12.0 Å². The number of hydrogen-bond donors (Lipinski definition) is 1. The zero-order chi connectivity index (χ0) is 13.8. The van der Waals surface area contributed by atoms with Gasteiger partial charge in [-0.1, -0.05) is 6.08 Å². The zero-order valence-corrected chi connectivity index (χ0v) is 10.3. The number of benzene rings is 1. The maximum absolute atomic E-state index is 11.1. The van der Waals surface area contributed by atoms with Gasteiger partial charge in [0.1, 0.15) is 0 Å². The number of nitro groups is 1. The van der Waals surface area contributed by atoms with Crippen LogP contribution in [0.3, 0.4) is 0 Å². The Hall–Kier alpha value is -2.28. The van der Waals surface area contributed by atoms with E-state index < -0.39 is 4.92 Å². The molecule has 0 unspecified atom stereocenters. The van der Waals surface area contributed by atoms with Gasteiger partial charge < -0.3 is 9.47 Å². The molecule has 1 aliphatic rings. The summed E-state index contributed by atoms with van der Waals surface area (Å²) in [6.07, 6.45) is 2.42. The van der Waals surface area contributed by atoms with Gasteiger partial charge in [-0.3, -0.25) is 10.1 Å². The lowest BCUT2D eigenvalue weighted by molar-refractivity contribution is -0.421. The van der Waals surface area contributed by atoms with Crippen molar-refractivity contribution in [2.45, 2.75) is 6.42 Å². The quantitative estimate of drug-likeness (QED) is 0.644. The van der Waals surface area contributed by atoms with E-state index in [-0.39, 0.29) is 17.1 Å². The molecule has 0 aliphatic carbocycles. The third-order valence-corrected chi connectivity index (χ3v) is 2.95. The number of ether oxygens (including phenoxy) is 2. The number of nitro benzene ring substituents is 1. The van der Waals surface area contributed by atoms with Gasteiger partial charge in [-0.2, -0.15) is 0 Å². The number of hydrogen-bond acceptors (Lipinski definition) is 5. The van der Waals surface area contributed by atoms with Crippen LogP contribution in [0.25, 0.3) is 5.57 Å². The Balaban J connectivity index is 2.62. The molecule has 0 saturated heterocycles. The molecular formula is C12H13N2O5+. The van der Waals surface area contributed by atoms with E-state index in [0.717, 1.165) is 5.57 Å². The number of nitroso groups, excluding NO2 is 1. The first-order valence-electron chi connectivity index (χ1n) is 5.69. The van der Waals surface area contributed by atoms with Gasteiger partial charge in [-0.25, -0.2) is 0 Å². The van der Waals surface area contributed by atoms with Crippen LogP contribution in [-0.2, 0) is 4.74 Å². The van der Waals surface area contributed by atoms with Gasteiger partial charge in [-0.15, -0.1) is 0 Å². The molecule has 0 atom stereocenters. The predicted molar refractivity (Wildman–Crippen MR) is 67.1 cm³/mol. The largest absolute Gasteiger partial charge is 0.490 e. The van der Waals surface area contributed by atoms with Crippen molar-refractivity contribution in [2.24, 2.45) is 0 Å². The van der Waals surface area contributed by atoms with Crippen LogP contribution in [0.15, 0.2) is 18.2 Å². The summed E-state index contributed by atoms with van der Waals surface area (Å²) in [5, 5.41) is 12.8. The summed E-state index contributed by atoms with van der Waals surface area (Å²) in [4.78, 5) is 21.6. The van der Waals surface area contributed by atoms with Crippen molar-refractivity contribution in [1.82, 2.24) is 0 Å². The molecule has 100 valence electrons. The molecule has 1 N–H and O–H groups in total. The molecule has 1 heterocycles. The molecule has 7 heteroatoms. The topological polar surface area (TPSA) is 92.6 Å². The number of rotatable bonds is 4. The van der Waals surface area contributed by atoms with Gasteiger partial charge >= 0.3 is 11.4 Å². The highest BCUT2D eigenvalue weighted by atomic mass is 16.6. The summed E-state index contributed by atoms with van der Waals surface area (Å²) in [6.45, 7) is 0.970. The number of nitrogens with zero attached hydrogens (tertiary/aromatic N) is 1. The Morgan fingerprint density at radius 2 is 2.26 bits per heavy atom. The molecule has 0 fully saturated rings. The SMILES string of the molecule is COc1ccc(C2=CCOCC2)c([NH+]=O)c1[N+](=O)[O-]. The predicted octanol–water partition coefficient (Wildman–Crippen LogP) is 0.886. The summed E-state index contributed by atoms with van der Waals surface area (Å²) >= 11 is 0. The van der Waals surface area contributed by atoms with Crippen molar-refractivity contribution >= 4 is 16.9 Å². The second kappa shape index (κ2) is 5.57. The lowest BCUT2D eigenvalue weighted by atomic mass is 9.98. The maximum Gasteiger partial charge on any atom is 0.386 e. The van der Waals surface area contributed by atoms with Crippen LogP contribution < -0.4 is 9.91 Å². The van der Waals surface area contributed by atoms with Crippen LogP contribution in [0.5, 0.6) is 5.75 Å². The zero-order valence-electron chi connectivity index (χ0n) is 10.3. The van der Waals surface area contributed by atoms with Crippen LogP contribution in [0, 0.1) is 15.0 Å². The fourth-order valence-electron chi connectivity index (χ4n) is 2.06. The molecule has 19 heavy (non-hydrogen) atoms. The Morgan fingerprint density at radius 3 is 2.79 bits per heavy atom. The maximum atomic E-state index is 11.1. The average molecular weight is 265 g/mol. The van der Waals surface area contributed by atoms with Crippen LogP contribution in [0.2, 0.25) is 0 Å². The third kappa shape index (κ3) is 2.45. The monoisotopic (exact) mass is 265 g/mol. The fraction of sp³-hybridized carbons (Fsp3) is 0.333. The minimum absolute atomic E-state index is 0.0553. The van der Waals surface area contributed by atoms with Crippen LogP contribution in [-0.4, -0.2) is 25.2 Å². The summed E-state index contributed by atoms with van der Waals surface area (Å²) in [5.74, 6) is 0.0553. The molecule has 0 spiro atoms. The van der Waals surface area contributed by atoms with Crippen molar-refractivity contribution < 1.29 is 19.6 Å². The summed E-state index contributed by atoms with van der Waals surface area (Å²) in [5.41, 5.74) is 0.959. The molecule has 0 saturated carbocycles. The molecular weight excluding hydrogens is 252 g/mol. The second-order valence-electron chi connectivity index (χ2n) is 3.95. The Bertz CT molecular complexity index is 553. The van der Waals surface area contributed by atoms with E-state index in [1.54, 1.807) is 11.2 Å². The Labute approximate surface area is 109 Å². The Morgan fingerprint density at radius 1 is 1.47 bits per heavy atom. The molecule has 0 amide bonds. The molecule has 1 aromatic rings. The van der Waals surface area contributed by atoms with E-state index in [1.807, 2.05) is 6.08 Å². The van der Waals surface area contributed by atoms with Crippen LogP contribution >= 0.6 is 0 Å². The normalized spacial score (nSPS) is 14.7. The Kier molecular flexibility index (Phi) is 3.86. The van der Waals surface area contributed by atoms with Crippen molar-refractivity contribution in [3.63, 3.8) is 0 Å². The summed E-state index contributed by atoms with van der Waals surface area (Å²) in [6, 6.07) is 3.13. The lowest BCUT2D eigenvalue weighted by Crippen LogP contribution is -2.56. The minimum Gasteiger partial charge on any atom is -0.490 e. The molecule has 0 aromatic heterocycles. The fourth-order valence-corrected chi connectivity index (χ4v) is 2.06. The van der Waals surface area contributed by atoms with Crippen molar-refractivity contribution in [2.75, 3.05) is 20.3 Å². The third-order valence-electron chi connectivity index (χ3n) is 2.95. The van der Waals surface area contributed by atoms with E-state index >= 15 is 0 Å². The first-order valence-corrected chi connectivity index (χ1v) is 5.69. The average Bonchev–Trinajstić information content (AvgIpc) is 2.46. The molecule has 1 aliphatic heterocycles. The number of methoxy groups -OCH3 is 1. The van der Waals surface area contributed by atoms with Crippen LogP contribution in [0.4, 0.5) is 11.4 Å². The van der Waals surface area contributed by atoms with Gasteiger partial charge in [0.15, 0.2) is 0 Å². The summed E-state index contributed by atoms with van der Waals surface area (Å²) < 4.78 is 10.1. The van der Waals surface area contributed by atoms with Gasteiger partial charge in [0.25, 0.3) is 0 Å². The van der Waals surface area contributed by atoms with E-state index in [2.05, 4.69) is 0 Å². The van der Waals surface area contributed by atoms with Gasteiger partial charge in [0.2, 0.25) is 5.75 Å². The highest BCUT2D eigenvalue weighted by molar-refractivity contribution is 5.80. The van der Waals surface area contributed by atoms with Gasteiger partial charge in [0, 0.05) is 10.1 Å². The van der Waals surface area contributed by atoms with Crippen molar-refractivity contribution in [1.29, 1.82) is 0 Å². The highest BCUT2D eigenvalue weighted by Crippen LogP contribution is 2.38. The molecule has 1 aromatic carbocycles. The highest BCUT2D eigenvalue weighted by Gasteiger charge is 2.31. The molecule has 7 nitrogen and oxygen atoms in total. The van der Waals surface area contributed by atoms with E-state index in [9.17, 15) is 15.0 Å². The standard InChI is InChI=1S/C12H12N2O5/c1-18-10-3-2-9(8-4-6-19-7-5-8)11(13-15)12(10)14(16)17/h2-4H,5-7H2,1H3/p+1. The van der Waals surface area contributed by atoms with E-state index in [4.69, 9.17) is 9.47 Å².